The van der Waals surface area contributed by atoms with Crippen LogP contribution in [0.15, 0.2) is 33.9 Å². The van der Waals surface area contributed by atoms with Gasteiger partial charge in [-0.1, -0.05) is 0 Å². The zero-order chi connectivity index (χ0) is 19.2. The van der Waals surface area contributed by atoms with Crippen LogP contribution in [0, 0.1) is 13.8 Å². The zero-order valence-corrected chi connectivity index (χ0v) is 16.8. The fraction of sp³-hybridized carbons (Fsp3) is 0.550. The molecule has 2 aromatic heterocycles. The van der Waals surface area contributed by atoms with Gasteiger partial charge in [0.2, 0.25) is 5.95 Å². The van der Waals surface area contributed by atoms with Crippen molar-refractivity contribution in [3.05, 3.63) is 41.6 Å². The summed E-state index contributed by atoms with van der Waals surface area (Å²) >= 11 is 0. The lowest BCUT2D eigenvalue weighted by Gasteiger charge is -2.37. The first-order valence-electron chi connectivity index (χ1n) is 9.67. The number of nitrogens with one attached hydrogen (secondary N) is 1. The quantitative estimate of drug-likeness (QED) is 0.644. The number of nitrogens with zero attached hydrogens (tertiary/aromatic N) is 5. The maximum absolute atomic E-state index is 5.40. The van der Waals surface area contributed by atoms with Crippen molar-refractivity contribution in [1.82, 2.24) is 20.2 Å². The normalized spacial score (nSPS) is 15.5. The summed E-state index contributed by atoms with van der Waals surface area (Å²) in [7, 11) is 0. The summed E-state index contributed by atoms with van der Waals surface area (Å²) < 4.78 is 5.40. The fourth-order valence-electron chi connectivity index (χ4n) is 3.19. The third-order valence-corrected chi connectivity index (χ3v) is 4.45. The highest BCUT2D eigenvalue weighted by atomic mass is 16.3. The lowest BCUT2D eigenvalue weighted by Crippen LogP contribution is -2.54. The first kappa shape index (κ1) is 19.2. The highest BCUT2D eigenvalue weighted by molar-refractivity contribution is 5.80. The molecule has 0 saturated carbocycles. The van der Waals surface area contributed by atoms with Crippen LogP contribution in [0.1, 0.15) is 31.0 Å². The predicted octanol–water partition coefficient (Wildman–Crippen LogP) is 2.41. The van der Waals surface area contributed by atoms with Crippen molar-refractivity contribution >= 4 is 11.9 Å². The Morgan fingerprint density at radius 3 is 2.48 bits per heavy atom. The van der Waals surface area contributed by atoms with Crippen LogP contribution in [0.3, 0.4) is 0 Å². The second-order valence-electron chi connectivity index (χ2n) is 7.26. The molecule has 3 rings (SSSR count). The molecule has 1 fully saturated rings. The molecule has 0 radical (unpaired) electrons. The van der Waals surface area contributed by atoms with Gasteiger partial charge >= 0.3 is 0 Å². The van der Waals surface area contributed by atoms with Gasteiger partial charge in [-0.05, 0) is 45.9 Å². The molecule has 1 saturated heterocycles. The van der Waals surface area contributed by atoms with Crippen LogP contribution in [0.25, 0.3) is 0 Å². The number of hydrogen-bond donors (Lipinski definition) is 1. The SMILES string of the molecule is Cc1cc(C)nc(N2CCN(C(=NCCc3ccco3)NC(C)C)CC2)n1. The summed E-state index contributed by atoms with van der Waals surface area (Å²) in [5.74, 6) is 2.78. The minimum absolute atomic E-state index is 0.341. The molecule has 2 aromatic rings. The van der Waals surface area contributed by atoms with Crippen molar-refractivity contribution in [3.8, 4) is 0 Å². The number of furan rings is 1. The average Bonchev–Trinajstić information content (AvgIpc) is 3.13. The molecule has 0 amide bonds. The molecule has 7 heteroatoms. The number of aryl methyl sites for hydroxylation is 2. The first-order chi connectivity index (χ1) is 13.0. The molecule has 1 aliphatic heterocycles. The van der Waals surface area contributed by atoms with Crippen molar-refractivity contribution in [2.24, 2.45) is 4.99 Å². The number of hydrogen-bond acceptors (Lipinski definition) is 5. The van der Waals surface area contributed by atoms with Gasteiger partial charge in [-0.2, -0.15) is 0 Å². The van der Waals surface area contributed by atoms with Crippen molar-refractivity contribution in [2.45, 2.75) is 40.2 Å². The smallest absolute Gasteiger partial charge is 0.225 e. The van der Waals surface area contributed by atoms with Gasteiger partial charge in [0.25, 0.3) is 0 Å². The van der Waals surface area contributed by atoms with E-state index < -0.39 is 0 Å². The molecule has 27 heavy (non-hydrogen) atoms. The Hall–Kier alpha value is -2.57. The molecule has 0 bridgehead atoms. The molecule has 0 spiro atoms. The van der Waals surface area contributed by atoms with E-state index in [2.05, 4.69) is 38.9 Å². The summed E-state index contributed by atoms with van der Waals surface area (Å²) in [5, 5.41) is 3.50. The summed E-state index contributed by atoms with van der Waals surface area (Å²) in [6.07, 6.45) is 2.52. The molecule has 146 valence electrons. The van der Waals surface area contributed by atoms with E-state index in [1.807, 2.05) is 32.0 Å². The van der Waals surface area contributed by atoms with Gasteiger partial charge in [-0.3, -0.25) is 4.99 Å². The van der Waals surface area contributed by atoms with E-state index in [9.17, 15) is 0 Å². The second-order valence-corrected chi connectivity index (χ2v) is 7.26. The first-order valence-corrected chi connectivity index (χ1v) is 9.67. The minimum atomic E-state index is 0.341. The van der Waals surface area contributed by atoms with E-state index in [4.69, 9.17) is 9.41 Å². The van der Waals surface area contributed by atoms with Crippen LogP contribution in [-0.2, 0) is 6.42 Å². The molecule has 1 aliphatic rings. The highest BCUT2D eigenvalue weighted by Crippen LogP contribution is 2.13. The lowest BCUT2D eigenvalue weighted by molar-refractivity contribution is 0.365. The Kier molecular flexibility index (Phi) is 6.32. The van der Waals surface area contributed by atoms with Crippen LogP contribution in [0.4, 0.5) is 5.95 Å². The van der Waals surface area contributed by atoms with E-state index in [1.165, 1.54) is 0 Å². The topological polar surface area (TPSA) is 69.8 Å². The summed E-state index contributed by atoms with van der Waals surface area (Å²) in [4.78, 5) is 18.6. The molecule has 0 atom stereocenters. The van der Waals surface area contributed by atoms with E-state index >= 15 is 0 Å². The van der Waals surface area contributed by atoms with Crippen LogP contribution < -0.4 is 10.2 Å². The Bertz CT molecular complexity index is 728. The Morgan fingerprint density at radius 1 is 1.19 bits per heavy atom. The minimum Gasteiger partial charge on any atom is -0.469 e. The average molecular weight is 371 g/mol. The maximum atomic E-state index is 5.40. The van der Waals surface area contributed by atoms with Gasteiger partial charge in [0.05, 0.1) is 6.26 Å². The summed E-state index contributed by atoms with van der Waals surface area (Å²) in [6, 6.07) is 6.26. The van der Waals surface area contributed by atoms with E-state index in [0.717, 1.165) is 61.7 Å². The van der Waals surface area contributed by atoms with Crippen molar-refractivity contribution in [1.29, 1.82) is 0 Å². The number of anilines is 1. The Labute approximate surface area is 161 Å². The molecular weight excluding hydrogens is 340 g/mol. The summed E-state index contributed by atoms with van der Waals surface area (Å²) in [5.41, 5.74) is 2.03. The van der Waals surface area contributed by atoms with E-state index in [-0.39, 0.29) is 0 Å². The van der Waals surface area contributed by atoms with Gasteiger partial charge in [0.1, 0.15) is 5.76 Å². The van der Waals surface area contributed by atoms with Crippen molar-refractivity contribution in [2.75, 3.05) is 37.6 Å². The number of piperazine rings is 1. The number of guanidine groups is 1. The van der Waals surface area contributed by atoms with Crippen molar-refractivity contribution < 1.29 is 4.42 Å². The van der Waals surface area contributed by atoms with Gasteiger partial charge in [0, 0.05) is 56.6 Å². The van der Waals surface area contributed by atoms with Gasteiger partial charge in [0.15, 0.2) is 5.96 Å². The molecular formula is C20H30N6O. The van der Waals surface area contributed by atoms with Crippen LogP contribution in [0.2, 0.25) is 0 Å². The highest BCUT2D eigenvalue weighted by Gasteiger charge is 2.22. The molecule has 0 unspecified atom stereocenters. The monoisotopic (exact) mass is 370 g/mol. The molecule has 3 heterocycles. The Morgan fingerprint density at radius 2 is 1.89 bits per heavy atom. The molecule has 0 aliphatic carbocycles. The third-order valence-electron chi connectivity index (χ3n) is 4.45. The molecule has 1 N–H and O–H groups in total. The van der Waals surface area contributed by atoms with Gasteiger partial charge in [-0.25, -0.2) is 9.97 Å². The fourth-order valence-corrected chi connectivity index (χ4v) is 3.19. The third kappa shape index (κ3) is 5.45. The summed E-state index contributed by atoms with van der Waals surface area (Å²) in [6.45, 7) is 12.6. The number of rotatable bonds is 5. The Balaban J connectivity index is 1.61. The number of aliphatic imine (C=N–C) groups is 1. The maximum Gasteiger partial charge on any atom is 0.225 e. The standard InChI is InChI=1S/C20H30N6O/c1-15(2)22-19(21-8-7-18-6-5-13-27-18)25-9-11-26(12-10-25)20-23-16(3)14-17(4)24-20/h5-6,13-15H,7-12H2,1-4H3,(H,21,22). The second kappa shape index (κ2) is 8.88. The van der Waals surface area contributed by atoms with Crippen LogP contribution in [-0.4, -0.2) is 59.6 Å². The molecule has 7 nitrogen and oxygen atoms in total. The predicted molar refractivity (Wildman–Crippen MR) is 108 cm³/mol. The number of aromatic nitrogens is 2. The van der Waals surface area contributed by atoms with Crippen LogP contribution in [0.5, 0.6) is 0 Å². The van der Waals surface area contributed by atoms with Crippen molar-refractivity contribution in [3.63, 3.8) is 0 Å². The molecule has 0 aromatic carbocycles. The zero-order valence-electron chi connectivity index (χ0n) is 16.8. The van der Waals surface area contributed by atoms with E-state index in [1.54, 1.807) is 6.26 Å². The van der Waals surface area contributed by atoms with Gasteiger partial charge in [-0.15, -0.1) is 0 Å². The van der Waals surface area contributed by atoms with Crippen LogP contribution >= 0.6 is 0 Å². The van der Waals surface area contributed by atoms with Gasteiger partial charge < -0.3 is 19.5 Å². The lowest BCUT2D eigenvalue weighted by atomic mass is 10.3. The van der Waals surface area contributed by atoms with E-state index in [0.29, 0.717) is 12.6 Å². The largest absolute Gasteiger partial charge is 0.469 e.